The number of hydrogen-bond donors (Lipinski definition) is 0. The van der Waals surface area contributed by atoms with E-state index in [0.29, 0.717) is 37.0 Å². The molecule has 1 aromatic heterocycles. The largest absolute Gasteiger partial charge is 0.486 e. The van der Waals surface area contributed by atoms with Crippen LogP contribution >= 0.6 is 0 Å². The second-order valence-electron chi connectivity index (χ2n) is 6.97. The van der Waals surface area contributed by atoms with Gasteiger partial charge in [0, 0.05) is 13.5 Å². The van der Waals surface area contributed by atoms with Crippen molar-refractivity contribution in [1.29, 1.82) is 0 Å². The average molecular weight is 399 g/mol. The fraction of sp³-hybridized carbons (Fsp3) is 0.400. The van der Waals surface area contributed by atoms with E-state index in [1.165, 1.54) is 6.07 Å². The highest BCUT2D eigenvalue weighted by Crippen LogP contribution is 2.38. The van der Waals surface area contributed by atoms with E-state index in [-0.39, 0.29) is 30.1 Å². The number of nitrogens with zero attached hydrogens (tertiary/aromatic N) is 3. The minimum Gasteiger partial charge on any atom is -0.486 e. The molecular formula is C20H21N3O6. The van der Waals surface area contributed by atoms with Crippen molar-refractivity contribution in [2.24, 2.45) is 0 Å². The Bertz CT molecular complexity index is 948. The van der Waals surface area contributed by atoms with Gasteiger partial charge < -0.3 is 29.2 Å². The van der Waals surface area contributed by atoms with Crippen LogP contribution in [0.4, 0.5) is 5.82 Å². The van der Waals surface area contributed by atoms with Crippen LogP contribution in [0.5, 0.6) is 17.2 Å². The standard InChI is InChI=1S/C20H21N3O6/c1-13-4-6-17(20(21-13)23(25)26)29-12-19(24)22-8-2-3-15(22)14-5-7-16-18(11-14)28-10-9-27-16/h4-7,11,15H,2-3,8-10,12H2,1H3/t15-/m0/s1. The van der Waals surface area contributed by atoms with Gasteiger partial charge in [0.2, 0.25) is 5.75 Å². The predicted molar refractivity (Wildman–Crippen MR) is 102 cm³/mol. The normalized spacial score (nSPS) is 17.8. The van der Waals surface area contributed by atoms with Crippen LogP contribution < -0.4 is 14.2 Å². The number of aromatic nitrogens is 1. The van der Waals surface area contributed by atoms with Crippen LogP contribution in [-0.4, -0.2) is 47.1 Å². The van der Waals surface area contributed by atoms with Crippen molar-refractivity contribution in [2.75, 3.05) is 26.4 Å². The highest BCUT2D eigenvalue weighted by atomic mass is 16.6. The molecule has 0 N–H and O–H groups in total. The summed E-state index contributed by atoms with van der Waals surface area (Å²) in [5.41, 5.74) is 1.48. The minimum atomic E-state index is -0.610. The first-order chi connectivity index (χ1) is 14.0. The topological polar surface area (TPSA) is 104 Å². The van der Waals surface area contributed by atoms with E-state index < -0.39 is 4.92 Å². The van der Waals surface area contributed by atoms with Crippen molar-refractivity contribution in [3.8, 4) is 17.2 Å². The van der Waals surface area contributed by atoms with Crippen LogP contribution in [0.2, 0.25) is 0 Å². The number of ether oxygens (including phenoxy) is 3. The van der Waals surface area contributed by atoms with Gasteiger partial charge in [-0.1, -0.05) is 6.07 Å². The van der Waals surface area contributed by atoms with Crippen molar-refractivity contribution in [3.05, 3.63) is 51.7 Å². The molecule has 3 heterocycles. The highest BCUT2D eigenvalue weighted by Gasteiger charge is 2.31. The molecule has 2 aromatic rings. The van der Waals surface area contributed by atoms with Gasteiger partial charge in [0.15, 0.2) is 18.1 Å². The second kappa shape index (κ2) is 7.94. The van der Waals surface area contributed by atoms with E-state index >= 15 is 0 Å². The lowest BCUT2D eigenvalue weighted by Gasteiger charge is -2.26. The van der Waals surface area contributed by atoms with Gasteiger partial charge in [-0.2, -0.15) is 0 Å². The number of pyridine rings is 1. The molecule has 9 heteroatoms. The van der Waals surface area contributed by atoms with E-state index in [1.807, 2.05) is 18.2 Å². The third-order valence-corrected chi connectivity index (χ3v) is 5.03. The summed E-state index contributed by atoms with van der Waals surface area (Å²) >= 11 is 0. The number of likely N-dealkylation sites (tertiary alicyclic amines) is 1. The second-order valence-corrected chi connectivity index (χ2v) is 6.97. The van der Waals surface area contributed by atoms with Gasteiger partial charge in [-0.3, -0.25) is 4.79 Å². The van der Waals surface area contributed by atoms with E-state index in [1.54, 1.807) is 17.9 Å². The lowest BCUT2D eigenvalue weighted by Crippen LogP contribution is -2.34. The number of carbonyl (C=O) groups excluding carboxylic acids is 1. The van der Waals surface area contributed by atoms with Gasteiger partial charge in [0.1, 0.15) is 18.9 Å². The first kappa shape index (κ1) is 19.0. The number of carbonyl (C=O) groups is 1. The molecule has 1 amide bonds. The van der Waals surface area contributed by atoms with Crippen molar-refractivity contribution in [2.45, 2.75) is 25.8 Å². The number of amides is 1. The van der Waals surface area contributed by atoms with Crippen molar-refractivity contribution >= 4 is 11.7 Å². The number of rotatable bonds is 5. The minimum absolute atomic E-state index is 0.0102. The molecule has 0 aliphatic carbocycles. The SMILES string of the molecule is Cc1ccc(OCC(=O)N2CCC[C@H]2c2ccc3c(c2)OCCO3)c([N+](=O)[O-])n1. The zero-order chi connectivity index (χ0) is 20.4. The summed E-state index contributed by atoms with van der Waals surface area (Å²) in [6.07, 6.45) is 1.70. The summed E-state index contributed by atoms with van der Waals surface area (Å²) in [5.74, 6) is 0.771. The molecule has 1 saturated heterocycles. The molecule has 1 fully saturated rings. The van der Waals surface area contributed by atoms with Crippen LogP contribution in [0, 0.1) is 17.0 Å². The molecule has 0 spiro atoms. The summed E-state index contributed by atoms with van der Waals surface area (Å²) in [7, 11) is 0. The molecule has 2 aliphatic heterocycles. The quantitative estimate of drug-likeness (QED) is 0.562. The van der Waals surface area contributed by atoms with Gasteiger partial charge in [0.25, 0.3) is 5.91 Å². The third-order valence-electron chi connectivity index (χ3n) is 5.03. The molecule has 0 radical (unpaired) electrons. The maximum absolute atomic E-state index is 12.8. The van der Waals surface area contributed by atoms with Crippen LogP contribution in [-0.2, 0) is 4.79 Å². The lowest BCUT2D eigenvalue weighted by atomic mass is 10.0. The third kappa shape index (κ3) is 3.94. The molecule has 0 saturated carbocycles. The number of nitro groups is 1. The van der Waals surface area contributed by atoms with E-state index in [4.69, 9.17) is 14.2 Å². The summed E-state index contributed by atoms with van der Waals surface area (Å²) in [6.45, 7) is 3.00. The number of fused-ring (bicyclic) bond motifs is 1. The Labute approximate surface area is 167 Å². The molecule has 0 unspecified atom stereocenters. The first-order valence-corrected chi connectivity index (χ1v) is 9.47. The van der Waals surface area contributed by atoms with Crippen molar-refractivity contribution < 1.29 is 23.9 Å². The average Bonchev–Trinajstić information content (AvgIpc) is 3.22. The van der Waals surface area contributed by atoms with Gasteiger partial charge in [-0.05, 0) is 52.6 Å². The first-order valence-electron chi connectivity index (χ1n) is 9.47. The summed E-state index contributed by atoms with van der Waals surface area (Å²) < 4.78 is 16.7. The number of benzene rings is 1. The maximum atomic E-state index is 12.8. The zero-order valence-corrected chi connectivity index (χ0v) is 16.0. The van der Waals surface area contributed by atoms with Gasteiger partial charge in [0.05, 0.1) is 6.04 Å². The zero-order valence-electron chi connectivity index (χ0n) is 16.0. The Morgan fingerprint density at radius 3 is 2.86 bits per heavy atom. The van der Waals surface area contributed by atoms with Gasteiger partial charge >= 0.3 is 5.82 Å². The Balaban J connectivity index is 1.47. The predicted octanol–water partition coefficient (Wildman–Crippen LogP) is 2.81. The van der Waals surface area contributed by atoms with Crippen molar-refractivity contribution in [1.82, 2.24) is 9.88 Å². The summed E-state index contributed by atoms with van der Waals surface area (Å²) in [5, 5.41) is 11.2. The van der Waals surface area contributed by atoms with Gasteiger partial charge in [-0.15, -0.1) is 0 Å². The molecule has 152 valence electrons. The van der Waals surface area contributed by atoms with E-state index in [2.05, 4.69) is 4.98 Å². The van der Waals surface area contributed by atoms with Crippen LogP contribution in [0.15, 0.2) is 30.3 Å². The van der Waals surface area contributed by atoms with Gasteiger partial charge in [-0.25, -0.2) is 0 Å². The molecule has 4 rings (SSSR count). The lowest BCUT2D eigenvalue weighted by molar-refractivity contribution is -0.390. The van der Waals surface area contributed by atoms with E-state index in [0.717, 1.165) is 18.4 Å². The smallest absolute Gasteiger partial charge is 0.406 e. The molecule has 1 aromatic carbocycles. The summed E-state index contributed by atoms with van der Waals surface area (Å²) in [6, 6.07) is 8.71. The van der Waals surface area contributed by atoms with Crippen LogP contribution in [0.1, 0.15) is 30.1 Å². The molecule has 9 nitrogen and oxygen atoms in total. The Kier molecular flexibility index (Phi) is 5.20. The summed E-state index contributed by atoms with van der Waals surface area (Å²) in [4.78, 5) is 29.0. The Morgan fingerprint density at radius 2 is 2.07 bits per heavy atom. The molecule has 29 heavy (non-hydrogen) atoms. The fourth-order valence-electron chi connectivity index (χ4n) is 3.68. The number of hydrogen-bond acceptors (Lipinski definition) is 7. The maximum Gasteiger partial charge on any atom is 0.406 e. The molecular weight excluding hydrogens is 378 g/mol. The number of aryl methyl sites for hydroxylation is 1. The monoisotopic (exact) mass is 399 g/mol. The highest BCUT2D eigenvalue weighted by molar-refractivity contribution is 5.78. The molecule has 1 atom stereocenters. The van der Waals surface area contributed by atoms with Crippen LogP contribution in [0.3, 0.4) is 0 Å². The van der Waals surface area contributed by atoms with E-state index in [9.17, 15) is 14.9 Å². The van der Waals surface area contributed by atoms with Crippen molar-refractivity contribution in [3.63, 3.8) is 0 Å². The molecule has 2 aliphatic rings. The Hall–Kier alpha value is -3.36. The molecule has 0 bridgehead atoms. The fourth-order valence-corrected chi connectivity index (χ4v) is 3.68. The van der Waals surface area contributed by atoms with Crippen LogP contribution in [0.25, 0.3) is 0 Å². The Morgan fingerprint density at radius 1 is 1.28 bits per heavy atom.